The molecule has 1 N–H and O–H groups in total. The summed E-state index contributed by atoms with van der Waals surface area (Å²) in [6.45, 7) is 8.53. The van der Waals surface area contributed by atoms with Crippen molar-refractivity contribution in [2.75, 3.05) is 18.0 Å². The molecule has 2 rings (SSSR count). The largest absolute Gasteiger partial charge is 0.351 e. The molecule has 16 heavy (non-hydrogen) atoms. The van der Waals surface area contributed by atoms with Crippen molar-refractivity contribution >= 4 is 21.7 Å². The molecule has 0 spiro atoms. The van der Waals surface area contributed by atoms with Crippen LogP contribution < -0.4 is 10.2 Å². The van der Waals surface area contributed by atoms with E-state index >= 15 is 0 Å². The van der Waals surface area contributed by atoms with Crippen LogP contribution in [0.25, 0.3) is 0 Å². The highest BCUT2D eigenvalue weighted by Crippen LogP contribution is 2.22. The number of anilines is 1. The summed E-state index contributed by atoms with van der Waals surface area (Å²) < 4.78 is 1.08. The van der Waals surface area contributed by atoms with Crippen molar-refractivity contribution in [2.45, 2.75) is 32.9 Å². The first-order chi connectivity index (χ1) is 7.58. The van der Waals surface area contributed by atoms with Crippen molar-refractivity contribution < 1.29 is 0 Å². The molecule has 0 aliphatic carbocycles. The normalized spacial score (nSPS) is 25.9. The van der Waals surface area contributed by atoms with Crippen LogP contribution in [-0.4, -0.2) is 30.2 Å². The second kappa shape index (κ2) is 4.72. The summed E-state index contributed by atoms with van der Waals surface area (Å²) in [7, 11) is 0. The van der Waals surface area contributed by atoms with Crippen LogP contribution >= 0.6 is 15.9 Å². The SMILES string of the molecule is Cc1nc(N2CC(C)NCC2C)ccc1Br. The molecule has 1 saturated heterocycles. The number of aryl methyl sites for hydroxylation is 1. The highest BCUT2D eigenvalue weighted by atomic mass is 79.9. The Morgan fingerprint density at radius 1 is 1.44 bits per heavy atom. The minimum absolute atomic E-state index is 0.504. The van der Waals surface area contributed by atoms with Gasteiger partial charge in [-0.15, -0.1) is 0 Å². The second-order valence-corrected chi connectivity index (χ2v) is 5.40. The van der Waals surface area contributed by atoms with E-state index in [-0.39, 0.29) is 0 Å². The second-order valence-electron chi connectivity index (χ2n) is 4.55. The molecular weight excluding hydrogens is 266 g/mol. The average molecular weight is 284 g/mol. The zero-order valence-corrected chi connectivity index (χ0v) is 11.6. The summed E-state index contributed by atoms with van der Waals surface area (Å²) in [6, 6.07) is 5.20. The van der Waals surface area contributed by atoms with Crippen LogP contribution in [0, 0.1) is 6.92 Å². The van der Waals surface area contributed by atoms with Crippen LogP contribution in [0.2, 0.25) is 0 Å². The molecule has 1 aliphatic heterocycles. The zero-order chi connectivity index (χ0) is 11.7. The Balaban J connectivity index is 2.24. The van der Waals surface area contributed by atoms with Crippen LogP contribution in [0.3, 0.4) is 0 Å². The Morgan fingerprint density at radius 3 is 2.88 bits per heavy atom. The first-order valence-corrected chi connectivity index (χ1v) is 6.50. The molecule has 1 aromatic heterocycles. The lowest BCUT2D eigenvalue weighted by Crippen LogP contribution is -2.54. The van der Waals surface area contributed by atoms with Gasteiger partial charge in [0.25, 0.3) is 0 Å². The van der Waals surface area contributed by atoms with E-state index in [9.17, 15) is 0 Å². The maximum atomic E-state index is 4.63. The van der Waals surface area contributed by atoms with Gasteiger partial charge >= 0.3 is 0 Å². The molecule has 2 heterocycles. The quantitative estimate of drug-likeness (QED) is 0.858. The highest BCUT2D eigenvalue weighted by Gasteiger charge is 2.23. The fourth-order valence-electron chi connectivity index (χ4n) is 2.03. The van der Waals surface area contributed by atoms with Gasteiger partial charge in [-0.1, -0.05) is 0 Å². The number of piperazine rings is 1. The van der Waals surface area contributed by atoms with Gasteiger partial charge in [0, 0.05) is 29.6 Å². The van der Waals surface area contributed by atoms with Crippen LogP contribution in [0.4, 0.5) is 5.82 Å². The third kappa shape index (κ3) is 2.38. The standard InChI is InChI=1S/C12H18BrN3/c1-8-7-16(9(2)6-14-8)12-5-4-11(13)10(3)15-12/h4-5,8-9,14H,6-7H2,1-3H3. The third-order valence-corrected chi connectivity index (χ3v) is 3.90. The minimum atomic E-state index is 0.504. The maximum Gasteiger partial charge on any atom is 0.129 e. The van der Waals surface area contributed by atoms with Gasteiger partial charge in [0.2, 0.25) is 0 Å². The number of aromatic nitrogens is 1. The monoisotopic (exact) mass is 283 g/mol. The van der Waals surface area contributed by atoms with Crippen molar-refractivity contribution in [3.63, 3.8) is 0 Å². The molecule has 1 aliphatic rings. The average Bonchev–Trinajstić information content (AvgIpc) is 2.26. The Morgan fingerprint density at radius 2 is 2.19 bits per heavy atom. The lowest BCUT2D eigenvalue weighted by molar-refractivity contribution is 0.422. The van der Waals surface area contributed by atoms with Crippen molar-refractivity contribution in [3.8, 4) is 0 Å². The molecule has 0 radical (unpaired) electrons. The van der Waals surface area contributed by atoms with E-state index in [0.29, 0.717) is 12.1 Å². The van der Waals surface area contributed by atoms with E-state index in [2.05, 4.69) is 57.1 Å². The van der Waals surface area contributed by atoms with Crippen LogP contribution in [0.1, 0.15) is 19.5 Å². The first kappa shape index (κ1) is 11.9. The third-order valence-electron chi connectivity index (χ3n) is 3.07. The summed E-state index contributed by atoms with van der Waals surface area (Å²) in [6.07, 6.45) is 0. The zero-order valence-electron chi connectivity index (χ0n) is 10.00. The van der Waals surface area contributed by atoms with Gasteiger partial charge in [-0.25, -0.2) is 4.98 Å². The van der Waals surface area contributed by atoms with Gasteiger partial charge in [0.15, 0.2) is 0 Å². The number of pyridine rings is 1. The van der Waals surface area contributed by atoms with Crippen molar-refractivity contribution in [1.29, 1.82) is 0 Å². The van der Waals surface area contributed by atoms with Crippen LogP contribution in [0.5, 0.6) is 0 Å². The van der Waals surface area contributed by atoms with Crippen molar-refractivity contribution in [3.05, 3.63) is 22.3 Å². The number of hydrogen-bond acceptors (Lipinski definition) is 3. The Labute approximate surface area is 105 Å². The van der Waals surface area contributed by atoms with E-state index in [1.54, 1.807) is 0 Å². The number of rotatable bonds is 1. The fourth-order valence-corrected chi connectivity index (χ4v) is 2.25. The van der Waals surface area contributed by atoms with Gasteiger partial charge < -0.3 is 10.2 Å². The summed E-state index contributed by atoms with van der Waals surface area (Å²) in [4.78, 5) is 7.01. The molecule has 1 aromatic rings. The topological polar surface area (TPSA) is 28.2 Å². The van der Waals surface area contributed by atoms with Crippen LogP contribution in [0.15, 0.2) is 16.6 Å². The number of nitrogens with zero attached hydrogens (tertiary/aromatic N) is 2. The maximum absolute atomic E-state index is 4.63. The molecule has 0 bridgehead atoms. The predicted molar refractivity (Wildman–Crippen MR) is 70.9 cm³/mol. The smallest absolute Gasteiger partial charge is 0.129 e. The summed E-state index contributed by atoms with van der Waals surface area (Å²) in [5.74, 6) is 1.08. The number of nitrogens with one attached hydrogen (secondary N) is 1. The van der Waals surface area contributed by atoms with E-state index in [0.717, 1.165) is 29.1 Å². The number of halogens is 1. The lowest BCUT2D eigenvalue weighted by Gasteiger charge is -2.38. The molecule has 1 fully saturated rings. The Kier molecular flexibility index (Phi) is 3.50. The number of hydrogen-bond donors (Lipinski definition) is 1. The van der Waals surface area contributed by atoms with Gasteiger partial charge in [-0.05, 0) is 48.8 Å². The molecule has 0 amide bonds. The molecule has 0 aromatic carbocycles. The Hall–Kier alpha value is -0.610. The first-order valence-electron chi connectivity index (χ1n) is 5.71. The van der Waals surface area contributed by atoms with Crippen molar-refractivity contribution in [1.82, 2.24) is 10.3 Å². The Bertz CT molecular complexity index is 381. The lowest BCUT2D eigenvalue weighted by atomic mass is 10.1. The molecule has 4 heteroatoms. The van der Waals surface area contributed by atoms with Gasteiger partial charge in [0.05, 0.1) is 5.69 Å². The molecule has 2 atom stereocenters. The summed E-state index contributed by atoms with van der Waals surface area (Å²) in [5, 5.41) is 3.48. The van der Waals surface area contributed by atoms with Gasteiger partial charge in [-0.3, -0.25) is 0 Å². The van der Waals surface area contributed by atoms with Crippen molar-refractivity contribution in [2.24, 2.45) is 0 Å². The van der Waals surface area contributed by atoms with E-state index in [1.165, 1.54) is 0 Å². The predicted octanol–water partition coefficient (Wildman–Crippen LogP) is 2.34. The van der Waals surface area contributed by atoms with Gasteiger partial charge in [-0.2, -0.15) is 0 Å². The molecular formula is C12H18BrN3. The van der Waals surface area contributed by atoms with Gasteiger partial charge in [0.1, 0.15) is 5.82 Å². The summed E-state index contributed by atoms with van der Waals surface area (Å²) in [5.41, 5.74) is 1.05. The van der Waals surface area contributed by atoms with E-state index in [4.69, 9.17) is 0 Å². The summed E-state index contributed by atoms with van der Waals surface area (Å²) >= 11 is 3.49. The molecule has 3 nitrogen and oxygen atoms in total. The molecule has 2 unspecified atom stereocenters. The highest BCUT2D eigenvalue weighted by molar-refractivity contribution is 9.10. The molecule has 0 saturated carbocycles. The van der Waals surface area contributed by atoms with E-state index in [1.807, 2.05) is 6.92 Å². The fraction of sp³-hybridized carbons (Fsp3) is 0.583. The van der Waals surface area contributed by atoms with E-state index < -0.39 is 0 Å². The minimum Gasteiger partial charge on any atom is -0.351 e. The molecule has 88 valence electrons. The van der Waals surface area contributed by atoms with Crippen LogP contribution in [-0.2, 0) is 0 Å².